The molecular weight excluding hydrogens is 302 g/mol. The molecule has 1 unspecified atom stereocenters. The van der Waals surface area contributed by atoms with Crippen LogP contribution >= 0.6 is 0 Å². The van der Waals surface area contributed by atoms with Crippen LogP contribution in [0.4, 0.5) is 0 Å². The number of nitrogens with one attached hydrogen (secondary N) is 1. The Morgan fingerprint density at radius 1 is 1.48 bits per heavy atom. The maximum Gasteiger partial charge on any atom is 0.330 e. The Kier molecular flexibility index (Phi) is 4.86. The first kappa shape index (κ1) is 16.9. The minimum Gasteiger partial charge on any atom is -0.480 e. The number of carboxylic acid groups (broad SMARTS) is 1. The lowest BCUT2D eigenvalue weighted by Gasteiger charge is -2.13. The molecule has 0 aliphatic rings. The normalized spacial score (nSPS) is 12.9. The molecule has 1 atom stereocenters. The summed E-state index contributed by atoms with van der Waals surface area (Å²) in [5, 5.41) is 8.92. The zero-order chi connectivity index (χ0) is 16.4. The molecule has 0 aliphatic heterocycles. The molecule has 1 aromatic rings. The quantitative estimate of drug-likeness (QED) is 0.608. The first-order chi connectivity index (χ1) is 9.61. The minimum atomic E-state index is -4.39. The molecular formula is C11H15N3O6S. The number of carboxylic acids is 1. The van der Waals surface area contributed by atoms with Crippen molar-refractivity contribution in [3.63, 3.8) is 0 Å². The molecule has 21 heavy (non-hydrogen) atoms. The molecule has 0 bridgehead atoms. The number of nitrogens with zero attached hydrogens (tertiary/aromatic N) is 2. The number of aromatic nitrogens is 2. The molecule has 0 saturated carbocycles. The highest BCUT2D eigenvalue weighted by Gasteiger charge is 2.27. The second kappa shape index (κ2) is 6.06. The Morgan fingerprint density at radius 2 is 2.05 bits per heavy atom. The van der Waals surface area contributed by atoms with Gasteiger partial charge in [0.05, 0.1) is 0 Å². The zero-order valence-corrected chi connectivity index (χ0v) is 12.3. The number of sulfonamides is 1. The highest BCUT2D eigenvalue weighted by molar-refractivity contribution is 7.89. The smallest absolute Gasteiger partial charge is 0.330 e. The van der Waals surface area contributed by atoms with Gasteiger partial charge in [-0.2, -0.15) is 4.72 Å². The molecule has 0 fully saturated rings. The number of carbonyl (C=O) groups is 1. The van der Waals surface area contributed by atoms with E-state index in [2.05, 4.69) is 6.58 Å². The SMILES string of the molecule is C=CCC(NS(=O)(=O)c1cn(C)c(=O)n(C)c1=O)C(=O)O. The summed E-state index contributed by atoms with van der Waals surface area (Å²) in [6.07, 6.45) is 1.93. The van der Waals surface area contributed by atoms with E-state index >= 15 is 0 Å². The van der Waals surface area contributed by atoms with Gasteiger partial charge in [-0.15, -0.1) is 6.58 Å². The van der Waals surface area contributed by atoms with Crippen LogP contribution in [0.2, 0.25) is 0 Å². The van der Waals surface area contributed by atoms with Gasteiger partial charge in [0, 0.05) is 20.3 Å². The van der Waals surface area contributed by atoms with E-state index in [0.29, 0.717) is 4.57 Å². The zero-order valence-electron chi connectivity index (χ0n) is 11.4. The van der Waals surface area contributed by atoms with Crippen molar-refractivity contribution < 1.29 is 18.3 Å². The summed E-state index contributed by atoms with van der Waals surface area (Å²) in [5.74, 6) is -1.40. The minimum absolute atomic E-state index is 0.152. The lowest BCUT2D eigenvalue weighted by molar-refractivity contribution is -0.138. The van der Waals surface area contributed by atoms with Gasteiger partial charge in [0.2, 0.25) is 10.0 Å². The molecule has 0 saturated heterocycles. The molecule has 9 nitrogen and oxygen atoms in total. The van der Waals surface area contributed by atoms with Gasteiger partial charge >= 0.3 is 11.7 Å². The highest BCUT2D eigenvalue weighted by atomic mass is 32.2. The van der Waals surface area contributed by atoms with Crippen LogP contribution < -0.4 is 16.0 Å². The Hall–Kier alpha value is -2.20. The van der Waals surface area contributed by atoms with Crippen LogP contribution in [0.1, 0.15) is 6.42 Å². The predicted octanol–water partition coefficient (Wildman–Crippen LogP) is -1.61. The van der Waals surface area contributed by atoms with E-state index in [-0.39, 0.29) is 6.42 Å². The molecule has 0 aromatic carbocycles. The van der Waals surface area contributed by atoms with Crippen LogP contribution in [0.3, 0.4) is 0 Å². The third kappa shape index (κ3) is 3.47. The topological polar surface area (TPSA) is 127 Å². The van der Waals surface area contributed by atoms with Gasteiger partial charge in [0.25, 0.3) is 5.56 Å². The Labute approximate surface area is 120 Å². The van der Waals surface area contributed by atoms with E-state index in [1.807, 2.05) is 4.72 Å². The molecule has 0 aliphatic carbocycles. The lowest BCUT2D eigenvalue weighted by atomic mass is 10.2. The molecule has 0 radical (unpaired) electrons. The number of rotatable bonds is 6. The van der Waals surface area contributed by atoms with E-state index in [1.54, 1.807) is 0 Å². The van der Waals surface area contributed by atoms with E-state index in [1.165, 1.54) is 13.1 Å². The van der Waals surface area contributed by atoms with E-state index in [4.69, 9.17) is 5.11 Å². The fraction of sp³-hybridized carbons (Fsp3) is 0.364. The monoisotopic (exact) mass is 317 g/mol. The molecule has 1 rings (SSSR count). The van der Waals surface area contributed by atoms with Gasteiger partial charge < -0.3 is 9.67 Å². The number of hydrogen-bond acceptors (Lipinski definition) is 5. The van der Waals surface area contributed by atoms with Gasteiger partial charge in [-0.05, 0) is 6.42 Å². The van der Waals surface area contributed by atoms with Gasteiger partial charge in [-0.25, -0.2) is 13.2 Å². The first-order valence-corrected chi connectivity index (χ1v) is 7.22. The van der Waals surface area contributed by atoms with Crippen LogP contribution in [0, 0.1) is 0 Å². The van der Waals surface area contributed by atoms with Crippen LogP contribution in [0.15, 0.2) is 33.3 Å². The van der Waals surface area contributed by atoms with Crippen LogP contribution in [-0.2, 0) is 28.9 Å². The average Bonchev–Trinajstić information content (AvgIpc) is 2.39. The third-order valence-corrected chi connectivity index (χ3v) is 4.16. The molecule has 10 heteroatoms. The molecule has 1 heterocycles. The second-order valence-electron chi connectivity index (χ2n) is 4.29. The summed E-state index contributed by atoms with van der Waals surface area (Å²) in [7, 11) is -1.99. The number of aliphatic carboxylic acids is 1. The predicted molar refractivity (Wildman–Crippen MR) is 73.5 cm³/mol. The maximum atomic E-state index is 12.1. The fourth-order valence-electron chi connectivity index (χ4n) is 1.58. The summed E-state index contributed by atoms with van der Waals surface area (Å²) < 4.78 is 27.7. The van der Waals surface area contributed by atoms with Crippen molar-refractivity contribution in [1.29, 1.82) is 0 Å². The average molecular weight is 317 g/mol. The van der Waals surface area contributed by atoms with Crippen molar-refractivity contribution in [2.24, 2.45) is 14.1 Å². The summed E-state index contributed by atoms with van der Waals surface area (Å²) in [4.78, 5) is 33.6. The number of aryl methyl sites for hydroxylation is 1. The first-order valence-electron chi connectivity index (χ1n) is 5.74. The Morgan fingerprint density at radius 3 is 2.52 bits per heavy atom. The molecule has 1 aromatic heterocycles. The lowest BCUT2D eigenvalue weighted by Crippen LogP contribution is -2.45. The fourth-order valence-corrected chi connectivity index (χ4v) is 2.94. The largest absolute Gasteiger partial charge is 0.480 e. The van der Waals surface area contributed by atoms with Gasteiger partial charge in [-0.1, -0.05) is 6.08 Å². The Bertz CT molecular complexity index is 789. The van der Waals surface area contributed by atoms with Gasteiger partial charge in [0.15, 0.2) is 4.90 Å². The van der Waals surface area contributed by atoms with Crippen LogP contribution in [0.5, 0.6) is 0 Å². The third-order valence-electron chi connectivity index (χ3n) is 2.70. The molecule has 2 N–H and O–H groups in total. The van der Waals surface area contributed by atoms with E-state index in [0.717, 1.165) is 17.8 Å². The van der Waals surface area contributed by atoms with Crippen molar-refractivity contribution in [2.75, 3.05) is 0 Å². The second-order valence-corrected chi connectivity index (χ2v) is 5.97. The molecule has 116 valence electrons. The summed E-state index contributed by atoms with van der Waals surface area (Å²) in [5.41, 5.74) is -1.73. The van der Waals surface area contributed by atoms with E-state index in [9.17, 15) is 22.8 Å². The van der Waals surface area contributed by atoms with Gasteiger partial charge in [-0.3, -0.25) is 14.2 Å². The van der Waals surface area contributed by atoms with Crippen molar-refractivity contribution in [2.45, 2.75) is 17.4 Å². The van der Waals surface area contributed by atoms with Crippen molar-refractivity contribution in [3.8, 4) is 0 Å². The molecule has 0 amide bonds. The van der Waals surface area contributed by atoms with Crippen LogP contribution in [0.25, 0.3) is 0 Å². The Balaban J connectivity index is 3.39. The summed E-state index contributed by atoms with van der Waals surface area (Å²) >= 11 is 0. The molecule has 0 spiro atoms. The van der Waals surface area contributed by atoms with Crippen molar-refractivity contribution in [3.05, 3.63) is 39.7 Å². The summed E-state index contributed by atoms with van der Waals surface area (Å²) in [6.45, 7) is 3.33. The van der Waals surface area contributed by atoms with Crippen molar-refractivity contribution >= 4 is 16.0 Å². The summed E-state index contributed by atoms with van der Waals surface area (Å²) in [6, 6.07) is -1.45. The van der Waals surface area contributed by atoms with E-state index < -0.39 is 38.2 Å². The number of hydrogen-bond donors (Lipinski definition) is 2. The highest BCUT2D eigenvalue weighted by Crippen LogP contribution is 2.04. The maximum absolute atomic E-state index is 12.1. The standard InChI is InChI=1S/C11H15N3O6S/c1-4-5-7(10(16)17)12-21(19,20)8-6-13(2)11(18)14(3)9(8)15/h4,6-7,12H,1,5H2,2-3H3,(H,16,17). The van der Waals surface area contributed by atoms with Gasteiger partial charge in [0.1, 0.15) is 6.04 Å². The van der Waals surface area contributed by atoms with Crippen molar-refractivity contribution in [1.82, 2.24) is 13.9 Å². The van der Waals surface area contributed by atoms with Crippen LogP contribution in [-0.4, -0.2) is 34.7 Å².